The Morgan fingerprint density at radius 1 is 1.19 bits per heavy atom. The van der Waals surface area contributed by atoms with Crippen molar-refractivity contribution in [3.8, 4) is 0 Å². The van der Waals surface area contributed by atoms with Crippen LogP contribution in [0.1, 0.15) is 13.8 Å². The minimum absolute atomic E-state index is 0. The van der Waals surface area contributed by atoms with Gasteiger partial charge in [-0.3, -0.25) is 4.18 Å². The fourth-order valence-electron chi connectivity index (χ4n) is 1.63. The van der Waals surface area contributed by atoms with E-state index in [-0.39, 0.29) is 42.1 Å². The van der Waals surface area contributed by atoms with E-state index in [0.717, 1.165) is 0 Å². The van der Waals surface area contributed by atoms with Gasteiger partial charge in [-0.15, -0.1) is 0 Å². The number of aliphatic hydroxyl groups is 3. The van der Waals surface area contributed by atoms with Gasteiger partial charge >= 0.3 is 29.6 Å². The van der Waals surface area contributed by atoms with Crippen LogP contribution in [0.5, 0.6) is 0 Å². The van der Waals surface area contributed by atoms with Gasteiger partial charge in [0.05, 0.1) is 13.2 Å². The summed E-state index contributed by atoms with van der Waals surface area (Å²) >= 11 is 0. The van der Waals surface area contributed by atoms with Gasteiger partial charge in [-0.1, -0.05) is 13.8 Å². The van der Waals surface area contributed by atoms with Crippen molar-refractivity contribution in [1.82, 2.24) is 0 Å². The number of hydrogen-bond acceptors (Lipinski definition) is 9. The monoisotopic (exact) mass is 338 g/mol. The van der Waals surface area contributed by atoms with E-state index in [1.54, 1.807) is 0 Å². The molecule has 1 saturated heterocycles. The first kappa shape index (κ1) is 21.7. The van der Waals surface area contributed by atoms with Crippen molar-refractivity contribution in [3.05, 3.63) is 0 Å². The Balaban J connectivity index is 0.00000400. The van der Waals surface area contributed by atoms with Crippen LogP contribution in [0, 0.1) is 5.92 Å². The predicted octanol–water partition coefficient (Wildman–Crippen LogP) is -5.05. The van der Waals surface area contributed by atoms with Crippen LogP contribution in [-0.2, 0) is 24.1 Å². The van der Waals surface area contributed by atoms with Crippen LogP contribution in [0.4, 0.5) is 0 Å². The molecule has 1 aliphatic rings. The molecule has 0 amide bonds. The minimum atomic E-state index is -4.95. The smallest absolute Gasteiger partial charge is 0.726 e. The van der Waals surface area contributed by atoms with Crippen LogP contribution < -0.4 is 29.6 Å². The molecule has 0 unspecified atom stereocenters. The number of ether oxygens (including phenoxy) is 2. The van der Waals surface area contributed by atoms with E-state index in [1.807, 2.05) is 13.8 Å². The second-order valence-corrected chi connectivity index (χ2v) is 5.99. The maximum atomic E-state index is 10.4. The van der Waals surface area contributed by atoms with Gasteiger partial charge in [0.1, 0.15) is 24.4 Å². The molecule has 21 heavy (non-hydrogen) atoms. The Bertz CT molecular complexity index is 401. The van der Waals surface area contributed by atoms with Crippen molar-refractivity contribution in [2.24, 2.45) is 5.92 Å². The van der Waals surface area contributed by atoms with Crippen LogP contribution in [0.25, 0.3) is 0 Å². The van der Waals surface area contributed by atoms with E-state index >= 15 is 0 Å². The van der Waals surface area contributed by atoms with E-state index in [2.05, 4.69) is 4.18 Å². The van der Waals surface area contributed by atoms with E-state index in [0.29, 0.717) is 0 Å². The van der Waals surface area contributed by atoms with Crippen molar-refractivity contribution in [2.75, 3.05) is 13.2 Å². The zero-order valence-electron chi connectivity index (χ0n) is 12.1. The zero-order chi connectivity index (χ0) is 15.5. The molecule has 1 fully saturated rings. The fraction of sp³-hybridized carbons (Fsp3) is 1.00. The largest absolute Gasteiger partial charge is 1.00 e. The van der Waals surface area contributed by atoms with Crippen LogP contribution in [0.3, 0.4) is 0 Å². The van der Waals surface area contributed by atoms with E-state index < -0.39 is 47.7 Å². The first-order valence-corrected chi connectivity index (χ1v) is 7.36. The molecule has 0 bridgehead atoms. The van der Waals surface area contributed by atoms with Crippen molar-refractivity contribution >= 4 is 10.4 Å². The van der Waals surface area contributed by atoms with Gasteiger partial charge in [0.15, 0.2) is 6.29 Å². The maximum absolute atomic E-state index is 10.4. The number of rotatable bonds is 6. The third-order valence-corrected chi connectivity index (χ3v) is 3.06. The standard InChI is InChI=1S/C10H20O9S.Na/c1-5(2)3-17-10-9(13)8(12)7(11)6(19-10)4-18-20(14,15)16;/h5-13H,3-4H2,1-2H3,(H,14,15,16);/q;+1/p-1/t6-,7+,8+,9-,10-;/m1./s1. The van der Waals surface area contributed by atoms with Gasteiger partial charge < -0.3 is 29.3 Å². The van der Waals surface area contributed by atoms with Crippen LogP contribution in [-0.4, -0.2) is 72.2 Å². The summed E-state index contributed by atoms with van der Waals surface area (Å²) in [6.45, 7) is 3.15. The molecule has 9 nitrogen and oxygen atoms in total. The summed E-state index contributed by atoms with van der Waals surface area (Å²) in [5, 5.41) is 29.0. The normalized spacial score (nSPS) is 33.8. The minimum Gasteiger partial charge on any atom is -0.726 e. The van der Waals surface area contributed by atoms with Crippen molar-refractivity contribution in [2.45, 2.75) is 44.6 Å². The third-order valence-electron chi connectivity index (χ3n) is 2.64. The van der Waals surface area contributed by atoms with Crippen LogP contribution in [0.15, 0.2) is 0 Å². The van der Waals surface area contributed by atoms with Crippen LogP contribution in [0.2, 0.25) is 0 Å². The third kappa shape index (κ3) is 7.18. The van der Waals surface area contributed by atoms with Gasteiger partial charge in [-0.2, -0.15) is 0 Å². The molecule has 5 atom stereocenters. The Kier molecular flexibility index (Phi) is 9.37. The Labute approximate surface area is 145 Å². The second kappa shape index (κ2) is 9.08. The SMILES string of the molecule is CC(C)CO[C@@H]1O[C@H](COS(=O)(=O)[O-])[C@H](O)[C@H](O)[C@H]1O.[Na+]. The molecular weight excluding hydrogens is 319 g/mol. The Morgan fingerprint density at radius 2 is 1.76 bits per heavy atom. The predicted molar refractivity (Wildman–Crippen MR) is 63.1 cm³/mol. The summed E-state index contributed by atoms with van der Waals surface area (Å²) in [5.41, 5.74) is 0. The molecule has 11 heteroatoms. The Morgan fingerprint density at radius 3 is 2.24 bits per heavy atom. The average Bonchev–Trinajstić information content (AvgIpc) is 2.32. The van der Waals surface area contributed by atoms with E-state index in [9.17, 15) is 28.3 Å². The first-order valence-electron chi connectivity index (χ1n) is 6.03. The molecule has 1 aliphatic heterocycles. The Hall–Kier alpha value is 0.670. The van der Waals surface area contributed by atoms with Crippen molar-refractivity contribution in [1.29, 1.82) is 0 Å². The molecular formula is C10H19NaO9S. The van der Waals surface area contributed by atoms with Gasteiger partial charge in [-0.25, -0.2) is 8.42 Å². The number of hydrogen-bond donors (Lipinski definition) is 3. The molecule has 0 aromatic heterocycles. The van der Waals surface area contributed by atoms with E-state index in [1.165, 1.54) is 0 Å². The molecule has 1 rings (SSSR count). The molecule has 0 aromatic carbocycles. The van der Waals surface area contributed by atoms with E-state index in [4.69, 9.17) is 9.47 Å². The second-order valence-electron chi connectivity index (χ2n) is 4.93. The summed E-state index contributed by atoms with van der Waals surface area (Å²) in [6.07, 6.45) is -7.27. The zero-order valence-corrected chi connectivity index (χ0v) is 14.9. The van der Waals surface area contributed by atoms with Gasteiger partial charge in [0, 0.05) is 0 Å². The topological polar surface area (TPSA) is 146 Å². The summed E-state index contributed by atoms with van der Waals surface area (Å²) in [5.74, 6) is 0.131. The van der Waals surface area contributed by atoms with Gasteiger partial charge in [0.2, 0.25) is 10.4 Å². The molecule has 120 valence electrons. The fourth-order valence-corrected chi connectivity index (χ4v) is 1.93. The quantitative estimate of drug-likeness (QED) is 0.246. The summed E-state index contributed by atoms with van der Waals surface area (Å²) in [6, 6.07) is 0. The van der Waals surface area contributed by atoms with Gasteiger partial charge in [-0.05, 0) is 5.92 Å². The maximum Gasteiger partial charge on any atom is 1.00 e. The molecule has 3 N–H and O–H groups in total. The molecule has 1 heterocycles. The van der Waals surface area contributed by atoms with Crippen molar-refractivity contribution < 1.29 is 71.5 Å². The summed E-state index contributed by atoms with van der Waals surface area (Å²) < 4.78 is 45.4. The summed E-state index contributed by atoms with van der Waals surface area (Å²) in [4.78, 5) is 0. The number of aliphatic hydroxyl groups excluding tert-OH is 3. The van der Waals surface area contributed by atoms with Crippen molar-refractivity contribution in [3.63, 3.8) is 0 Å². The average molecular weight is 338 g/mol. The first-order chi connectivity index (χ1) is 9.11. The van der Waals surface area contributed by atoms with Crippen LogP contribution >= 0.6 is 0 Å². The van der Waals surface area contributed by atoms with Gasteiger partial charge in [0.25, 0.3) is 0 Å². The summed E-state index contributed by atoms with van der Waals surface area (Å²) in [7, 11) is -4.95. The molecule has 0 aliphatic carbocycles. The molecule has 0 saturated carbocycles. The molecule has 0 radical (unpaired) electrons. The molecule has 0 spiro atoms. The molecule has 0 aromatic rings.